The van der Waals surface area contributed by atoms with Crippen LogP contribution in [0.5, 0.6) is 0 Å². The standard InChI is InChI=1S/C45H55NO15/c1-23-28(58-39(53)34(57-24(2)47)32(26-16-12-10-13-17-26)46-40(54)61-41(4,5)6)21-45(55)37(59-38(52)27-18-14-11-15-19-27)35-43(9,36(51)33(50)31(23)42(45,7)8)29(49)20-30-44(35,22-56-30)60-25(3)48/h10-19,23,28-32,34-35,37,49,55H,20-22H2,1-9H3,(H,46,54)/t23?,28-,29-,30+,31?,32-,34+,35?,37-,43+,44-,45+/m0/s1. The second-order valence-electron chi connectivity index (χ2n) is 18.5. The topological polar surface area (TPSA) is 227 Å². The van der Waals surface area contributed by atoms with Crippen molar-refractivity contribution in [2.24, 2.45) is 28.6 Å². The van der Waals surface area contributed by atoms with Gasteiger partial charge in [0.1, 0.15) is 35.6 Å². The van der Waals surface area contributed by atoms with Crippen molar-refractivity contribution >= 4 is 41.5 Å². The van der Waals surface area contributed by atoms with Crippen molar-refractivity contribution in [1.82, 2.24) is 5.32 Å². The molecule has 2 aromatic rings. The summed E-state index contributed by atoms with van der Waals surface area (Å²) in [6.07, 6.45) is -9.45. The van der Waals surface area contributed by atoms with E-state index in [0.717, 1.165) is 13.8 Å². The molecule has 4 fully saturated rings. The molecular weight excluding hydrogens is 794 g/mol. The zero-order valence-corrected chi connectivity index (χ0v) is 35.8. The molecule has 1 saturated heterocycles. The van der Waals surface area contributed by atoms with Gasteiger partial charge < -0.3 is 44.0 Å². The Morgan fingerprint density at radius 1 is 0.902 bits per heavy atom. The molecule has 4 aliphatic rings. The third-order valence-electron chi connectivity index (χ3n) is 13.1. The highest BCUT2D eigenvalue weighted by molar-refractivity contribution is 6.40. The summed E-state index contributed by atoms with van der Waals surface area (Å²) >= 11 is 0. The summed E-state index contributed by atoms with van der Waals surface area (Å²) in [6.45, 7) is 12.8. The maximum atomic E-state index is 15.0. The van der Waals surface area contributed by atoms with Crippen molar-refractivity contribution in [2.75, 3.05) is 6.61 Å². The van der Waals surface area contributed by atoms with Gasteiger partial charge in [-0.25, -0.2) is 14.4 Å². The predicted molar refractivity (Wildman–Crippen MR) is 212 cm³/mol. The number of aliphatic hydroxyl groups is 2. The molecule has 1 heterocycles. The number of esters is 4. The van der Waals surface area contributed by atoms with E-state index in [0.29, 0.717) is 5.56 Å². The van der Waals surface area contributed by atoms with Crippen LogP contribution in [0.15, 0.2) is 60.7 Å². The van der Waals surface area contributed by atoms with Gasteiger partial charge in [-0.05, 0) is 45.4 Å². The minimum Gasteiger partial charge on any atom is -0.459 e. The monoisotopic (exact) mass is 849 g/mol. The number of hydrogen-bond acceptors (Lipinski definition) is 15. The first-order valence-electron chi connectivity index (χ1n) is 20.4. The molecule has 12 atom stereocenters. The van der Waals surface area contributed by atoms with Crippen LogP contribution in [-0.2, 0) is 52.4 Å². The molecule has 0 spiro atoms. The molecule has 330 valence electrons. The highest BCUT2D eigenvalue weighted by Gasteiger charge is 2.79. The molecule has 1 aliphatic heterocycles. The zero-order chi connectivity index (χ0) is 45.0. The number of fused-ring (bicyclic) bond motifs is 5. The van der Waals surface area contributed by atoms with E-state index in [-0.39, 0.29) is 18.6 Å². The summed E-state index contributed by atoms with van der Waals surface area (Å²) in [5, 5.41) is 28.0. The predicted octanol–water partition coefficient (Wildman–Crippen LogP) is 3.97. The molecule has 2 aromatic carbocycles. The van der Waals surface area contributed by atoms with E-state index in [2.05, 4.69) is 5.32 Å². The van der Waals surface area contributed by atoms with Crippen LogP contribution in [0.1, 0.15) is 97.1 Å². The molecule has 0 radical (unpaired) electrons. The Labute approximate surface area is 353 Å². The quantitative estimate of drug-likeness (QED) is 0.184. The molecule has 3 N–H and O–H groups in total. The highest BCUT2D eigenvalue weighted by atomic mass is 16.6. The largest absolute Gasteiger partial charge is 0.459 e. The van der Waals surface area contributed by atoms with Crippen molar-refractivity contribution in [3.05, 3.63) is 71.8 Å². The van der Waals surface area contributed by atoms with Crippen molar-refractivity contribution < 1.29 is 72.2 Å². The molecular formula is C45H55NO15. The molecule has 3 aliphatic carbocycles. The Balaban J connectivity index is 1.50. The average Bonchev–Trinajstić information content (AvgIpc) is 3.17. The normalized spacial score (nSPS) is 33.7. The van der Waals surface area contributed by atoms with Gasteiger partial charge in [0.25, 0.3) is 0 Å². The van der Waals surface area contributed by atoms with E-state index in [4.69, 9.17) is 28.4 Å². The number of aliphatic hydroxyl groups excluding tert-OH is 1. The summed E-state index contributed by atoms with van der Waals surface area (Å²) in [4.78, 5) is 97.4. The lowest BCUT2D eigenvalue weighted by atomic mass is 9.42. The van der Waals surface area contributed by atoms with Crippen LogP contribution in [0, 0.1) is 28.6 Å². The van der Waals surface area contributed by atoms with Crippen LogP contribution in [-0.4, -0.2) is 106 Å². The number of carbonyl (C=O) groups excluding carboxylic acids is 7. The number of nitrogens with one attached hydrogen (secondary N) is 1. The Morgan fingerprint density at radius 3 is 2.05 bits per heavy atom. The Kier molecular flexibility index (Phi) is 12.1. The Morgan fingerprint density at radius 2 is 1.51 bits per heavy atom. The number of hydrogen-bond donors (Lipinski definition) is 3. The number of rotatable bonds is 9. The summed E-state index contributed by atoms with van der Waals surface area (Å²) in [5.41, 5.74) is -8.48. The SMILES string of the molecule is CC(=O)O[C@@H](C(=O)O[C@H]1C[C@@]2(O)[C@@H](OC(=O)c3ccccc3)C3[C@](C)(C(=O)C(=O)C(C1C)C2(C)C)[C@@H](O)C[C@H]1OC[C@@]31OC(C)=O)[C@@H](NC(=O)OC(C)(C)C)c1ccccc1. The van der Waals surface area contributed by atoms with Crippen LogP contribution < -0.4 is 5.32 Å². The average molecular weight is 850 g/mol. The fourth-order valence-electron chi connectivity index (χ4n) is 10.2. The van der Waals surface area contributed by atoms with Crippen LogP contribution in [0.2, 0.25) is 0 Å². The van der Waals surface area contributed by atoms with E-state index in [9.17, 15) is 43.8 Å². The second-order valence-corrected chi connectivity index (χ2v) is 18.5. The molecule has 16 nitrogen and oxygen atoms in total. The van der Waals surface area contributed by atoms with E-state index in [1.54, 1.807) is 76.2 Å². The van der Waals surface area contributed by atoms with Crippen molar-refractivity contribution in [3.63, 3.8) is 0 Å². The maximum absolute atomic E-state index is 15.0. The number of benzene rings is 2. The number of Topliss-reactive ketones (excluding diaryl/α,β-unsaturated/α-hetero) is 2. The fraction of sp³-hybridized carbons (Fsp3) is 0.578. The summed E-state index contributed by atoms with van der Waals surface area (Å²) in [6, 6.07) is 14.6. The van der Waals surface area contributed by atoms with E-state index >= 15 is 0 Å². The van der Waals surface area contributed by atoms with Crippen molar-refractivity contribution in [1.29, 1.82) is 0 Å². The van der Waals surface area contributed by atoms with Crippen LogP contribution >= 0.6 is 0 Å². The molecule has 2 bridgehead atoms. The van der Waals surface area contributed by atoms with E-state index < -0.39 is 130 Å². The smallest absolute Gasteiger partial charge is 0.408 e. The first-order chi connectivity index (χ1) is 28.4. The first kappa shape index (κ1) is 45.3. The number of alkyl carbamates (subject to hydrolysis) is 1. The lowest BCUT2D eigenvalue weighted by Gasteiger charge is -2.67. The molecule has 61 heavy (non-hydrogen) atoms. The van der Waals surface area contributed by atoms with E-state index in [1.165, 1.54) is 32.9 Å². The van der Waals surface area contributed by atoms with Crippen molar-refractivity contribution in [3.8, 4) is 0 Å². The number of ether oxygens (including phenoxy) is 6. The molecule has 3 unspecified atom stereocenters. The van der Waals surface area contributed by atoms with Gasteiger partial charge in [0, 0.05) is 43.9 Å². The molecule has 16 heteroatoms. The van der Waals surface area contributed by atoms with Gasteiger partial charge in [-0.1, -0.05) is 69.3 Å². The molecule has 6 rings (SSSR count). The van der Waals surface area contributed by atoms with Crippen LogP contribution in [0.25, 0.3) is 0 Å². The lowest BCUT2D eigenvalue weighted by Crippen LogP contribution is -2.82. The third-order valence-corrected chi connectivity index (χ3v) is 13.1. The van der Waals surface area contributed by atoms with Crippen molar-refractivity contribution in [2.45, 2.75) is 129 Å². The number of ketones is 2. The van der Waals surface area contributed by atoms with Gasteiger partial charge in [-0.2, -0.15) is 0 Å². The third kappa shape index (κ3) is 7.93. The van der Waals surface area contributed by atoms with Gasteiger partial charge in [-0.3, -0.25) is 19.2 Å². The molecule has 0 aromatic heterocycles. The number of amides is 1. The van der Waals surface area contributed by atoms with E-state index in [1.807, 2.05) is 0 Å². The van der Waals surface area contributed by atoms with Gasteiger partial charge in [0.05, 0.1) is 29.6 Å². The summed E-state index contributed by atoms with van der Waals surface area (Å²) in [7, 11) is 0. The summed E-state index contributed by atoms with van der Waals surface area (Å²) in [5.74, 6) is -9.95. The maximum Gasteiger partial charge on any atom is 0.408 e. The Hall–Kier alpha value is -5.19. The minimum absolute atomic E-state index is 0.0618. The lowest BCUT2D eigenvalue weighted by molar-refractivity contribution is -0.350. The second kappa shape index (κ2) is 16.3. The van der Waals surface area contributed by atoms with Gasteiger partial charge in [0.2, 0.25) is 17.7 Å². The zero-order valence-electron chi connectivity index (χ0n) is 35.8. The highest BCUT2D eigenvalue weighted by Crippen LogP contribution is 2.64. The molecule has 3 saturated carbocycles. The first-order valence-corrected chi connectivity index (χ1v) is 20.4. The van der Waals surface area contributed by atoms with Gasteiger partial charge in [0.15, 0.2) is 5.60 Å². The molecule has 1 amide bonds. The Bertz CT molecular complexity index is 2070. The number of carbonyl (C=O) groups is 7. The fourth-order valence-corrected chi connectivity index (χ4v) is 10.2. The van der Waals surface area contributed by atoms with Gasteiger partial charge >= 0.3 is 30.0 Å². The minimum atomic E-state index is -2.39. The summed E-state index contributed by atoms with van der Waals surface area (Å²) < 4.78 is 35.4. The van der Waals surface area contributed by atoms with Crippen LogP contribution in [0.4, 0.5) is 4.79 Å². The van der Waals surface area contributed by atoms with Gasteiger partial charge in [-0.15, -0.1) is 0 Å². The van der Waals surface area contributed by atoms with Crippen LogP contribution in [0.3, 0.4) is 0 Å².